The number of nitrogens with zero attached hydrogens (tertiary/aromatic N) is 3. The lowest BCUT2D eigenvalue weighted by Crippen LogP contribution is -2.00. The summed E-state index contributed by atoms with van der Waals surface area (Å²) in [6, 6.07) is 62.4. The Morgan fingerprint density at radius 1 is 0.275 bits per heavy atom. The Bertz CT molecular complexity index is 2770. The standard InChI is InChI=1S/C47H29N3S/c1-3-9-36-27-38(23-17-30(36)7-1)32-13-19-34(20-14-32)45-48-46(35-21-15-33(16-22-35)39-24-18-31-8-2-4-10-37(31)28-39)50-47(49-45)40-25-26-42-41-11-5-6-12-43(41)51-44(42)29-40/h1-29H. The Hall–Kier alpha value is -6.49. The minimum Gasteiger partial charge on any atom is -0.208 e. The lowest BCUT2D eigenvalue weighted by Gasteiger charge is -2.10. The molecule has 3 nitrogen and oxygen atoms in total. The Morgan fingerprint density at radius 3 is 1.25 bits per heavy atom. The second-order valence-corrected chi connectivity index (χ2v) is 14.0. The molecule has 0 N–H and O–H groups in total. The molecule has 4 heteroatoms. The summed E-state index contributed by atoms with van der Waals surface area (Å²) in [7, 11) is 0. The predicted octanol–water partition coefficient (Wildman–Crippen LogP) is 12.9. The molecular weight excluding hydrogens is 639 g/mol. The van der Waals surface area contributed by atoms with Crippen molar-refractivity contribution in [3.05, 3.63) is 176 Å². The highest BCUT2D eigenvalue weighted by Gasteiger charge is 2.15. The lowest BCUT2D eigenvalue weighted by atomic mass is 10.00. The van der Waals surface area contributed by atoms with Crippen LogP contribution >= 0.6 is 11.3 Å². The molecule has 0 fully saturated rings. The Morgan fingerprint density at radius 2 is 0.686 bits per heavy atom. The minimum atomic E-state index is 0.648. The monoisotopic (exact) mass is 667 g/mol. The van der Waals surface area contributed by atoms with Crippen molar-refractivity contribution >= 4 is 53.1 Å². The van der Waals surface area contributed by atoms with Gasteiger partial charge in [-0.3, -0.25) is 0 Å². The fourth-order valence-corrected chi connectivity index (χ4v) is 8.13. The van der Waals surface area contributed by atoms with Crippen LogP contribution in [0.4, 0.5) is 0 Å². The topological polar surface area (TPSA) is 38.7 Å². The van der Waals surface area contributed by atoms with E-state index in [0.29, 0.717) is 17.5 Å². The summed E-state index contributed by atoms with van der Waals surface area (Å²) >= 11 is 1.80. The van der Waals surface area contributed by atoms with E-state index in [9.17, 15) is 0 Å². The van der Waals surface area contributed by atoms with Crippen LogP contribution in [-0.4, -0.2) is 15.0 Å². The van der Waals surface area contributed by atoms with Crippen LogP contribution in [0.25, 0.3) is 98.1 Å². The highest BCUT2D eigenvalue weighted by atomic mass is 32.1. The molecule has 0 amide bonds. The molecule has 0 spiro atoms. The van der Waals surface area contributed by atoms with E-state index < -0.39 is 0 Å². The van der Waals surface area contributed by atoms with Gasteiger partial charge in [-0.2, -0.15) is 0 Å². The molecule has 2 aromatic heterocycles. The summed E-state index contributed by atoms with van der Waals surface area (Å²) in [5.74, 6) is 1.96. The van der Waals surface area contributed by atoms with Gasteiger partial charge in [0.05, 0.1) is 0 Å². The molecule has 51 heavy (non-hydrogen) atoms. The normalized spacial score (nSPS) is 11.5. The van der Waals surface area contributed by atoms with E-state index in [4.69, 9.17) is 15.0 Å². The minimum absolute atomic E-state index is 0.648. The van der Waals surface area contributed by atoms with E-state index in [1.807, 2.05) is 0 Å². The number of benzene rings is 8. The third kappa shape index (κ3) is 5.43. The largest absolute Gasteiger partial charge is 0.208 e. The maximum Gasteiger partial charge on any atom is 0.164 e. The second kappa shape index (κ2) is 12.1. The predicted molar refractivity (Wildman–Crippen MR) is 215 cm³/mol. The van der Waals surface area contributed by atoms with Crippen LogP contribution in [0.15, 0.2) is 176 Å². The maximum atomic E-state index is 5.08. The molecule has 0 unspecified atom stereocenters. The summed E-state index contributed by atoms with van der Waals surface area (Å²) in [6.45, 7) is 0. The van der Waals surface area contributed by atoms with E-state index in [-0.39, 0.29) is 0 Å². The van der Waals surface area contributed by atoms with Crippen molar-refractivity contribution in [2.24, 2.45) is 0 Å². The SMILES string of the molecule is c1ccc2cc(-c3ccc(-c4nc(-c5ccc(-c6ccc7ccccc7c6)cc5)nc(-c5ccc6c(c5)sc5ccccc56)n4)cc3)ccc2c1. The molecule has 0 aliphatic rings. The second-order valence-electron chi connectivity index (χ2n) is 12.9. The van der Waals surface area contributed by atoms with E-state index in [0.717, 1.165) is 27.8 Å². The zero-order valence-corrected chi connectivity index (χ0v) is 28.3. The van der Waals surface area contributed by atoms with Crippen molar-refractivity contribution in [3.8, 4) is 56.4 Å². The molecule has 10 aromatic rings. The van der Waals surface area contributed by atoms with Crippen molar-refractivity contribution < 1.29 is 0 Å². The molecule has 238 valence electrons. The first kappa shape index (κ1) is 29.4. The van der Waals surface area contributed by atoms with Crippen molar-refractivity contribution in [1.29, 1.82) is 0 Å². The van der Waals surface area contributed by atoms with Gasteiger partial charge in [-0.05, 0) is 68.1 Å². The van der Waals surface area contributed by atoms with Crippen molar-refractivity contribution in [3.63, 3.8) is 0 Å². The summed E-state index contributed by atoms with van der Waals surface area (Å²) in [6.07, 6.45) is 0. The van der Waals surface area contributed by atoms with E-state index >= 15 is 0 Å². The third-order valence-electron chi connectivity index (χ3n) is 9.72. The molecule has 10 rings (SSSR count). The highest BCUT2D eigenvalue weighted by Crippen LogP contribution is 2.37. The van der Waals surface area contributed by atoms with Gasteiger partial charge in [-0.15, -0.1) is 11.3 Å². The van der Waals surface area contributed by atoms with Crippen LogP contribution in [0, 0.1) is 0 Å². The van der Waals surface area contributed by atoms with Gasteiger partial charge in [0.1, 0.15) is 0 Å². The lowest BCUT2D eigenvalue weighted by molar-refractivity contribution is 1.07. The van der Waals surface area contributed by atoms with Crippen LogP contribution in [0.2, 0.25) is 0 Å². The van der Waals surface area contributed by atoms with Gasteiger partial charge in [0.15, 0.2) is 17.5 Å². The van der Waals surface area contributed by atoms with Crippen molar-refractivity contribution in [2.45, 2.75) is 0 Å². The number of fused-ring (bicyclic) bond motifs is 5. The van der Waals surface area contributed by atoms with Gasteiger partial charge >= 0.3 is 0 Å². The van der Waals surface area contributed by atoms with Crippen LogP contribution in [0.1, 0.15) is 0 Å². The zero-order valence-electron chi connectivity index (χ0n) is 27.5. The molecular formula is C47H29N3S. The van der Waals surface area contributed by atoms with E-state index in [1.54, 1.807) is 11.3 Å². The summed E-state index contributed by atoms with van der Waals surface area (Å²) in [5.41, 5.74) is 7.53. The number of hydrogen-bond acceptors (Lipinski definition) is 4. The number of hydrogen-bond donors (Lipinski definition) is 0. The number of aromatic nitrogens is 3. The van der Waals surface area contributed by atoms with Gasteiger partial charge in [0.25, 0.3) is 0 Å². The molecule has 0 aliphatic carbocycles. The van der Waals surface area contributed by atoms with Gasteiger partial charge < -0.3 is 0 Å². The van der Waals surface area contributed by atoms with E-state index in [1.165, 1.54) is 52.8 Å². The number of thiophene rings is 1. The first-order valence-electron chi connectivity index (χ1n) is 17.1. The zero-order chi connectivity index (χ0) is 33.7. The molecule has 0 atom stereocenters. The first-order chi connectivity index (χ1) is 25.2. The van der Waals surface area contributed by atoms with Gasteiger partial charge in [-0.25, -0.2) is 15.0 Å². The quantitative estimate of drug-likeness (QED) is 0.183. The molecule has 0 aliphatic heterocycles. The van der Waals surface area contributed by atoms with Gasteiger partial charge in [0, 0.05) is 36.9 Å². The fraction of sp³-hybridized carbons (Fsp3) is 0. The van der Waals surface area contributed by atoms with Crippen LogP contribution in [0.3, 0.4) is 0 Å². The summed E-state index contributed by atoms with van der Waals surface area (Å²) < 4.78 is 2.50. The van der Waals surface area contributed by atoms with Gasteiger partial charge in [-0.1, -0.05) is 152 Å². The Balaban J connectivity index is 1.06. The Labute approximate surface area is 299 Å². The third-order valence-corrected chi connectivity index (χ3v) is 10.9. The van der Waals surface area contributed by atoms with Gasteiger partial charge in [0.2, 0.25) is 0 Å². The molecule has 0 saturated heterocycles. The van der Waals surface area contributed by atoms with Crippen LogP contribution in [-0.2, 0) is 0 Å². The number of rotatable bonds is 5. The summed E-state index contributed by atoms with van der Waals surface area (Å²) in [4.78, 5) is 15.2. The highest BCUT2D eigenvalue weighted by molar-refractivity contribution is 7.25. The van der Waals surface area contributed by atoms with Crippen molar-refractivity contribution in [1.82, 2.24) is 15.0 Å². The van der Waals surface area contributed by atoms with Crippen molar-refractivity contribution in [2.75, 3.05) is 0 Å². The first-order valence-corrected chi connectivity index (χ1v) is 17.9. The molecule has 0 radical (unpaired) electrons. The van der Waals surface area contributed by atoms with Crippen LogP contribution in [0.5, 0.6) is 0 Å². The molecule has 0 bridgehead atoms. The van der Waals surface area contributed by atoms with E-state index in [2.05, 4.69) is 176 Å². The maximum absolute atomic E-state index is 5.08. The molecule has 8 aromatic carbocycles. The summed E-state index contributed by atoms with van der Waals surface area (Å²) in [5, 5.41) is 7.46. The van der Waals surface area contributed by atoms with Crippen LogP contribution < -0.4 is 0 Å². The molecule has 2 heterocycles. The Kier molecular flexibility index (Phi) is 7.00. The average Bonchev–Trinajstić information content (AvgIpc) is 3.58. The fourth-order valence-electron chi connectivity index (χ4n) is 6.99. The molecule has 0 saturated carbocycles. The average molecular weight is 668 g/mol. The smallest absolute Gasteiger partial charge is 0.164 e.